The van der Waals surface area contributed by atoms with Crippen LogP contribution in [0.2, 0.25) is 5.02 Å². The Morgan fingerprint density at radius 1 is 1.25 bits per heavy atom. The van der Waals surface area contributed by atoms with Crippen LogP contribution in [0, 0.1) is 11.7 Å². The molecule has 1 unspecified atom stereocenters. The molecule has 7 heteroatoms. The zero-order chi connectivity index (χ0) is 19.7. The number of benzene rings is 1. The van der Waals surface area contributed by atoms with Gasteiger partial charge in [-0.05, 0) is 42.7 Å². The van der Waals surface area contributed by atoms with E-state index in [4.69, 9.17) is 11.6 Å². The number of hydrogen-bond donors (Lipinski definition) is 0. The van der Waals surface area contributed by atoms with Crippen LogP contribution in [0.1, 0.15) is 37.4 Å². The van der Waals surface area contributed by atoms with E-state index >= 15 is 0 Å². The first-order valence-corrected chi connectivity index (χ1v) is 9.68. The van der Waals surface area contributed by atoms with Gasteiger partial charge in [0.05, 0.1) is 34.7 Å². The molecule has 1 atom stereocenters. The Morgan fingerprint density at radius 2 is 2.07 bits per heavy atom. The molecule has 0 N–H and O–H groups in total. The number of carbonyl (C=O) groups is 1. The van der Waals surface area contributed by atoms with Crippen molar-refractivity contribution in [2.24, 2.45) is 5.92 Å². The standard InChI is InChI=1S/C21H19ClFN3O2/c22-14-4-6-16(24-11-14)10-20(27)19(8-13-2-1-3-13)26-12-25-18-7-5-15(23)9-17(18)21(26)28/h4-7,9,11-13,19H,1-3,8,10H2. The summed E-state index contributed by atoms with van der Waals surface area (Å²) < 4.78 is 15.0. The molecule has 4 rings (SSSR count). The van der Waals surface area contributed by atoms with E-state index in [9.17, 15) is 14.0 Å². The summed E-state index contributed by atoms with van der Waals surface area (Å²) in [4.78, 5) is 34.5. The van der Waals surface area contributed by atoms with Crippen LogP contribution in [-0.2, 0) is 11.2 Å². The van der Waals surface area contributed by atoms with Crippen molar-refractivity contribution in [3.8, 4) is 0 Å². The second-order valence-electron chi connectivity index (χ2n) is 7.28. The lowest BCUT2D eigenvalue weighted by Crippen LogP contribution is -2.33. The number of hydrogen-bond acceptors (Lipinski definition) is 4. The van der Waals surface area contributed by atoms with E-state index in [1.807, 2.05) is 0 Å². The first-order valence-electron chi connectivity index (χ1n) is 9.31. The highest BCUT2D eigenvalue weighted by atomic mass is 35.5. The molecule has 144 valence electrons. The average molecular weight is 400 g/mol. The zero-order valence-corrected chi connectivity index (χ0v) is 15.9. The molecule has 1 aromatic carbocycles. The second kappa shape index (κ2) is 7.80. The summed E-state index contributed by atoms with van der Waals surface area (Å²) in [6, 6.07) is 6.66. The third kappa shape index (κ3) is 3.83. The number of Topliss-reactive ketones (excluding diaryl/α,β-unsaturated/α-hetero) is 1. The Bertz CT molecular complexity index is 1080. The van der Waals surface area contributed by atoms with Gasteiger partial charge < -0.3 is 0 Å². The van der Waals surface area contributed by atoms with E-state index in [1.54, 1.807) is 12.1 Å². The number of ketones is 1. The molecule has 5 nitrogen and oxygen atoms in total. The minimum Gasteiger partial charge on any atom is -0.297 e. The lowest BCUT2D eigenvalue weighted by atomic mass is 9.79. The van der Waals surface area contributed by atoms with Crippen molar-refractivity contribution in [2.75, 3.05) is 0 Å². The largest absolute Gasteiger partial charge is 0.297 e. The molecule has 3 aromatic rings. The molecule has 0 spiro atoms. The van der Waals surface area contributed by atoms with Crippen molar-refractivity contribution in [1.82, 2.24) is 14.5 Å². The summed E-state index contributed by atoms with van der Waals surface area (Å²) in [5, 5.41) is 0.678. The van der Waals surface area contributed by atoms with E-state index in [-0.39, 0.29) is 17.6 Å². The van der Waals surface area contributed by atoms with E-state index in [2.05, 4.69) is 9.97 Å². The zero-order valence-electron chi connectivity index (χ0n) is 15.1. The minimum absolute atomic E-state index is 0.0994. The molecule has 0 saturated heterocycles. The van der Waals surface area contributed by atoms with Gasteiger partial charge in [-0.15, -0.1) is 0 Å². The summed E-state index contributed by atoms with van der Waals surface area (Å²) in [5.74, 6) is -0.208. The fourth-order valence-electron chi connectivity index (χ4n) is 3.58. The van der Waals surface area contributed by atoms with Crippen molar-refractivity contribution in [2.45, 2.75) is 38.1 Å². The minimum atomic E-state index is -0.643. The molecule has 0 amide bonds. The smallest absolute Gasteiger partial charge is 0.261 e. The molecule has 1 aliphatic rings. The quantitative estimate of drug-likeness (QED) is 0.625. The van der Waals surface area contributed by atoms with Gasteiger partial charge in [0.25, 0.3) is 5.56 Å². The van der Waals surface area contributed by atoms with Crippen LogP contribution in [0.5, 0.6) is 0 Å². The predicted molar refractivity (Wildman–Crippen MR) is 105 cm³/mol. The van der Waals surface area contributed by atoms with Crippen molar-refractivity contribution in [1.29, 1.82) is 0 Å². The number of rotatable bonds is 6. The SMILES string of the molecule is O=C(Cc1ccc(Cl)cn1)C(CC1CCC1)n1cnc2ccc(F)cc2c1=O. The Labute approximate surface area is 166 Å². The second-order valence-corrected chi connectivity index (χ2v) is 7.71. The summed E-state index contributed by atoms with van der Waals surface area (Å²) in [5.41, 5.74) is 0.615. The molecule has 2 heterocycles. The topological polar surface area (TPSA) is 64.8 Å². The molecular formula is C21H19ClFN3O2. The number of nitrogens with zero attached hydrogens (tertiary/aromatic N) is 3. The number of aromatic nitrogens is 3. The van der Waals surface area contributed by atoms with E-state index < -0.39 is 17.4 Å². The molecular weight excluding hydrogens is 381 g/mol. The van der Waals surface area contributed by atoms with Crippen LogP contribution in [0.4, 0.5) is 4.39 Å². The van der Waals surface area contributed by atoms with Gasteiger partial charge in [-0.2, -0.15) is 0 Å². The molecule has 1 fully saturated rings. The van der Waals surface area contributed by atoms with Crippen molar-refractivity contribution in [3.05, 3.63) is 69.7 Å². The predicted octanol–water partition coefficient (Wildman–Crippen LogP) is 4.13. The van der Waals surface area contributed by atoms with Crippen LogP contribution in [0.3, 0.4) is 0 Å². The van der Waals surface area contributed by atoms with Gasteiger partial charge in [-0.25, -0.2) is 9.37 Å². The maximum absolute atomic E-state index is 13.6. The van der Waals surface area contributed by atoms with E-state index in [0.717, 1.165) is 19.3 Å². The number of carbonyl (C=O) groups excluding carboxylic acids is 1. The highest BCUT2D eigenvalue weighted by molar-refractivity contribution is 6.30. The highest BCUT2D eigenvalue weighted by Gasteiger charge is 2.29. The lowest BCUT2D eigenvalue weighted by molar-refractivity contribution is -0.122. The van der Waals surface area contributed by atoms with Crippen LogP contribution >= 0.6 is 11.6 Å². The maximum atomic E-state index is 13.6. The van der Waals surface area contributed by atoms with E-state index in [1.165, 1.54) is 35.3 Å². The molecule has 1 saturated carbocycles. The van der Waals surface area contributed by atoms with Crippen molar-refractivity contribution >= 4 is 28.3 Å². The van der Waals surface area contributed by atoms with Crippen molar-refractivity contribution < 1.29 is 9.18 Å². The van der Waals surface area contributed by atoms with Gasteiger partial charge in [0.15, 0.2) is 5.78 Å². The fourth-order valence-corrected chi connectivity index (χ4v) is 3.69. The summed E-state index contributed by atoms with van der Waals surface area (Å²) in [7, 11) is 0. The van der Waals surface area contributed by atoms with Gasteiger partial charge in [0, 0.05) is 11.9 Å². The summed E-state index contributed by atoms with van der Waals surface area (Å²) in [6.07, 6.45) is 6.81. The molecule has 0 aliphatic heterocycles. The van der Waals surface area contributed by atoms with Crippen molar-refractivity contribution in [3.63, 3.8) is 0 Å². The number of pyridine rings is 1. The van der Waals surface area contributed by atoms with Crippen LogP contribution in [-0.4, -0.2) is 20.3 Å². The summed E-state index contributed by atoms with van der Waals surface area (Å²) >= 11 is 5.86. The molecule has 0 bridgehead atoms. The maximum Gasteiger partial charge on any atom is 0.261 e. The third-order valence-corrected chi connectivity index (χ3v) is 5.60. The molecule has 28 heavy (non-hydrogen) atoms. The van der Waals surface area contributed by atoms with Gasteiger partial charge in [-0.1, -0.05) is 30.9 Å². The number of halogens is 2. The first kappa shape index (κ1) is 18.7. The van der Waals surface area contributed by atoms with E-state index in [0.29, 0.717) is 28.6 Å². The average Bonchev–Trinajstić information content (AvgIpc) is 2.64. The Kier molecular flexibility index (Phi) is 5.22. The van der Waals surface area contributed by atoms with Gasteiger partial charge >= 0.3 is 0 Å². The fraction of sp³-hybridized carbons (Fsp3) is 0.333. The van der Waals surface area contributed by atoms with Gasteiger partial charge in [0.2, 0.25) is 0 Å². The Hall–Kier alpha value is -2.60. The van der Waals surface area contributed by atoms with Gasteiger partial charge in [0.1, 0.15) is 5.82 Å². The molecule has 1 aliphatic carbocycles. The monoisotopic (exact) mass is 399 g/mol. The number of fused-ring (bicyclic) bond motifs is 1. The summed E-state index contributed by atoms with van der Waals surface area (Å²) in [6.45, 7) is 0. The molecule has 2 aromatic heterocycles. The van der Waals surface area contributed by atoms with Crippen LogP contribution in [0.25, 0.3) is 10.9 Å². The Morgan fingerprint density at radius 3 is 2.75 bits per heavy atom. The third-order valence-electron chi connectivity index (χ3n) is 5.38. The molecule has 0 radical (unpaired) electrons. The van der Waals surface area contributed by atoms with Gasteiger partial charge in [-0.3, -0.25) is 19.1 Å². The highest BCUT2D eigenvalue weighted by Crippen LogP contribution is 2.34. The first-order chi connectivity index (χ1) is 13.5. The normalized spacial score (nSPS) is 15.4. The Balaban J connectivity index is 1.70. The van der Waals surface area contributed by atoms with Crippen LogP contribution in [0.15, 0.2) is 47.7 Å². The lowest BCUT2D eigenvalue weighted by Gasteiger charge is -2.30. The van der Waals surface area contributed by atoms with Crippen LogP contribution < -0.4 is 5.56 Å².